The van der Waals surface area contributed by atoms with Crippen LogP contribution in [0.3, 0.4) is 0 Å². The van der Waals surface area contributed by atoms with Crippen molar-refractivity contribution in [1.29, 1.82) is 0 Å². The molecule has 5 nitrogen and oxygen atoms in total. The van der Waals surface area contributed by atoms with E-state index < -0.39 is 5.97 Å². The molecule has 0 aromatic carbocycles. The number of carbonyl (C=O) groups excluding carboxylic acids is 2. The molecule has 0 atom stereocenters. The molecule has 1 heterocycles. The Bertz CT molecular complexity index is 500. The fourth-order valence-corrected chi connectivity index (χ4v) is 2.62. The van der Waals surface area contributed by atoms with Crippen molar-refractivity contribution in [2.75, 3.05) is 26.7 Å². The topological polar surface area (TPSA) is 62.4 Å². The van der Waals surface area contributed by atoms with Crippen LogP contribution in [-0.4, -0.2) is 48.4 Å². The van der Waals surface area contributed by atoms with E-state index in [1.165, 1.54) is 7.11 Å². The Labute approximate surface area is 126 Å². The van der Waals surface area contributed by atoms with Crippen molar-refractivity contribution in [2.24, 2.45) is 0 Å². The summed E-state index contributed by atoms with van der Waals surface area (Å²) in [6.07, 6.45) is 2.03. The van der Waals surface area contributed by atoms with Gasteiger partial charge in [-0.25, -0.2) is 4.79 Å². The molecule has 1 aromatic rings. The van der Waals surface area contributed by atoms with E-state index in [2.05, 4.69) is 23.7 Å². The van der Waals surface area contributed by atoms with E-state index in [9.17, 15) is 9.59 Å². The first kappa shape index (κ1) is 17.4. The summed E-state index contributed by atoms with van der Waals surface area (Å²) in [4.78, 5) is 29.4. The van der Waals surface area contributed by atoms with Crippen molar-refractivity contribution in [3.05, 3.63) is 22.5 Å². The van der Waals surface area contributed by atoms with Gasteiger partial charge < -0.3 is 9.72 Å². The molecule has 118 valence electrons. The molecule has 0 saturated carbocycles. The monoisotopic (exact) mass is 294 g/mol. The summed E-state index contributed by atoms with van der Waals surface area (Å²) in [5.74, 6) is -0.382. The lowest BCUT2D eigenvalue weighted by Gasteiger charge is -2.19. The van der Waals surface area contributed by atoms with E-state index in [0.29, 0.717) is 29.1 Å². The molecule has 1 N–H and O–H groups in total. The number of rotatable bonds is 8. The highest BCUT2D eigenvalue weighted by molar-refractivity contribution is 6.02. The Morgan fingerprint density at radius 3 is 2.19 bits per heavy atom. The zero-order chi connectivity index (χ0) is 16.0. The number of hydrogen-bond acceptors (Lipinski definition) is 4. The summed E-state index contributed by atoms with van der Waals surface area (Å²) in [5, 5.41) is 0. The van der Waals surface area contributed by atoms with Crippen LogP contribution >= 0.6 is 0 Å². The molecule has 5 heteroatoms. The second-order valence-corrected chi connectivity index (χ2v) is 5.32. The first-order valence-electron chi connectivity index (χ1n) is 7.49. The van der Waals surface area contributed by atoms with E-state index in [1.54, 1.807) is 13.8 Å². The minimum Gasteiger partial charge on any atom is -0.465 e. The molecule has 0 amide bonds. The maximum absolute atomic E-state index is 12.5. The van der Waals surface area contributed by atoms with E-state index >= 15 is 0 Å². The smallest absolute Gasteiger partial charge is 0.339 e. The highest BCUT2D eigenvalue weighted by atomic mass is 16.5. The Hall–Kier alpha value is -1.62. The van der Waals surface area contributed by atoms with E-state index in [0.717, 1.165) is 25.9 Å². The lowest BCUT2D eigenvalue weighted by atomic mass is 10.1. The normalized spacial score (nSPS) is 11.0. The van der Waals surface area contributed by atoms with Gasteiger partial charge in [-0.3, -0.25) is 9.69 Å². The molecular weight excluding hydrogens is 268 g/mol. The van der Waals surface area contributed by atoms with Crippen LogP contribution in [0.5, 0.6) is 0 Å². The van der Waals surface area contributed by atoms with Crippen LogP contribution in [0.4, 0.5) is 0 Å². The predicted octanol–water partition coefficient (Wildman–Crippen LogP) is 2.72. The maximum atomic E-state index is 12.5. The Morgan fingerprint density at radius 2 is 1.71 bits per heavy atom. The Morgan fingerprint density at radius 1 is 1.14 bits per heavy atom. The highest BCUT2D eigenvalue weighted by Gasteiger charge is 2.23. The number of ether oxygens (including phenoxy) is 1. The van der Waals surface area contributed by atoms with Crippen LogP contribution in [-0.2, 0) is 4.74 Å². The van der Waals surface area contributed by atoms with Gasteiger partial charge in [-0.2, -0.15) is 0 Å². The summed E-state index contributed by atoms with van der Waals surface area (Å²) >= 11 is 0. The van der Waals surface area contributed by atoms with Crippen LogP contribution in [0.2, 0.25) is 0 Å². The number of aromatic nitrogens is 1. The van der Waals surface area contributed by atoms with Crippen molar-refractivity contribution in [1.82, 2.24) is 9.88 Å². The van der Waals surface area contributed by atoms with Crippen molar-refractivity contribution >= 4 is 11.8 Å². The minimum absolute atomic E-state index is 0.0210. The van der Waals surface area contributed by atoms with Crippen molar-refractivity contribution in [3.8, 4) is 0 Å². The van der Waals surface area contributed by atoms with Gasteiger partial charge in [0.05, 0.1) is 24.9 Å². The van der Waals surface area contributed by atoms with Gasteiger partial charge in [0.2, 0.25) is 0 Å². The van der Waals surface area contributed by atoms with Gasteiger partial charge in [0.1, 0.15) is 0 Å². The van der Waals surface area contributed by atoms with Gasteiger partial charge in [-0.05, 0) is 45.3 Å². The molecule has 0 unspecified atom stereocenters. The van der Waals surface area contributed by atoms with Crippen LogP contribution in [0, 0.1) is 13.8 Å². The molecule has 0 saturated heterocycles. The quantitative estimate of drug-likeness (QED) is 0.591. The first-order chi connectivity index (χ1) is 9.96. The number of Topliss-reactive ketones (excluding diaryl/α,β-unsaturated/α-hetero) is 1. The van der Waals surface area contributed by atoms with Gasteiger partial charge in [0.25, 0.3) is 0 Å². The number of esters is 1. The van der Waals surface area contributed by atoms with Crippen LogP contribution < -0.4 is 0 Å². The van der Waals surface area contributed by atoms with Crippen LogP contribution in [0.15, 0.2) is 0 Å². The summed E-state index contributed by atoms with van der Waals surface area (Å²) in [6, 6.07) is 0. The molecule has 1 rings (SSSR count). The Kier molecular flexibility index (Phi) is 6.62. The Balaban J connectivity index is 2.95. The summed E-state index contributed by atoms with van der Waals surface area (Å²) in [7, 11) is 1.35. The SMILES string of the molecule is CCCN(CCC)CC(=O)c1[nH]c(C)c(C(=O)OC)c1C. The number of nitrogens with one attached hydrogen (secondary N) is 1. The number of nitrogens with zero attached hydrogens (tertiary/aromatic N) is 1. The largest absolute Gasteiger partial charge is 0.465 e. The zero-order valence-corrected chi connectivity index (χ0v) is 13.7. The molecule has 0 aliphatic rings. The lowest BCUT2D eigenvalue weighted by Crippen LogP contribution is -2.31. The average Bonchev–Trinajstić information content (AvgIpc) is 2.74. The van der Waals surface area contributed by atoms with Crippen molar-refractivity contribution < 1.29 is 14.3 Å². The van der Waals surface area contributed by atoms with E-state index in [4.69, 9.17) is 4.74 Å². The number of aromatic amines is 1. The van der Waals surface area contributed by atoms with Gasteiger partial charge >= 0.3 is 5.97 Å². The molecule has 1 aromatic heterocycles. The summed E-state index contributed by atoms with van der Waals surface area (Å²) < 4.78 is 4.77. The predicted molar refractivity (Wildman–Crippen MR) is 83.0 cm³/mol. The molecule has 0 fully saturated rings. The van der Waals surface area contributed by atoms with Crippen LogP contribution in [0.25, 0.3) is 0 Å². The average molecular weight is 294 g/mol. The molecule has 0 aliphatic heterocycles. The molecular formula is C16H26N2O3. The number of aryl methyl sites for hydroxylation is 1. The number of hydrogen-bond donors (Lipinski definition) is 1. The minimum atomic E-state index is -0.403. The van der Waals surface area contributed by atoms with Gasteiger partial charge in [-0.15, -0.1) is 0 Å². The van der Waals surface area contributed by atoms with Crippen molar-refractivity contribution in [3.63, 3.8) is 0 Å². The fourth-order valence-electron chi connectivity index (χ4n) is 2.62. The third-order valence-electron chi connectivity index (χ3n) is 3.55. The third kappa shape index (κ3) is 4.17. The fraction of sp³-hybridized carbons (Fsp3) is 0.625. The number of ketones is 1. The van der Waals surface area contributed by atoms with E-state index in [-0.39, 0.29) is 5.78 Å². The van der Waals surface area contributed by atoms with Gasteiger partial charge in [-0.1, -0.05) is 13.8 Å². The highest BCUT2D eigenvalue weighted by Crippen LogP contribution is 2.19. The second kappa shape index (κ2) is 7.98. The standard InChI is InChI=1S/C16H26N2O3/c1-6-8-18(9-7-2)10-13(19)15-11(3)14(12(4)17-15)16(20)21-5/h17H,6-10H2,1-5H3. The molecule has 0 bridgehead atoms. The van der Waals surface area contributed by atoms with Gasteiger partial charge in [0.15, 0.2) is 5.78 Å². The molecule has 21 heavy (non-hydrogen) atoms. The number of carbonyl (C=O) groups is 2. The molecule has 0 aliphatic carbocycles. The molecule has 0 spiro atoms. The molecule has 0 radical (unpaired) electrons. The van der Waals surface area contributed by atoms with E-state index in [1.807, 2.05) is 0 Å². The number of H-pyrrole nitrogens is 1. The summed E-state index contributed by atoms with van der Waals surface area (Å²) in [5.41, 5.74) is 2.35. The first-order valence-corrected chi connectivity index (χ1v) is 7.49. The lowest BCUT2D eigenvalue weighted by molar-refractivity contribution is 0.0599. The van der Waals surface area contributed by atoms with Crippen molar-refractivity contribution in [2.45, 2.75) is 40.5 Å². The summed E-state index contributed by atoms with van der Waals surface area (Å²) in [6.45, 7) is 9.96. The zero-order valence-electron chi connectivity index (χ0n) is 13.7. The third-order valence-corrected chi connectivity index (χ3v) is 3.55. The van der Waals surface area contributed by atoms with Gasteiger partial charge in [0, 0.05) is 5.69 Å². The maximum Gasteiger partial charge on any atom is 0.339 e. The van der Waals surface area contributed by atoms with Crippen LogP contribution in [0.1, 0.15) is 58.8 Å². The second-order valence-electron chi connectivity index (χ2n) is 5.32. The number of methoxy groups -OCH3 is 1.